The van der Waals surface area contributed by atoms with Crippen LogP contribution in [0.1, 0.15) is 19.8 Å². The smallest absolute Gasteiger partial charge is 0.186 e. The van der Waals surface area contributed by atoms with Gasteiger partial charge in [0.1, 0.15) is 0 Å². The van der Waals surface area contributed by atoms with Gasteiger partial charge in [-0.15, -0.1) is 0 Å². The Bertz CT molecular complexity index is 64.7. The van der Waals surface area contributed by atoms with Gasteiger partial charge in [0, 0.05) is 6.42 Å². The van der Waals surface area contributed by atoms with Gasteiger partial charge in [0.15, 0.2) is 5.05 Å². The van der Waals surface area contributed by atoms with Gasteiger partial charge in [-0.25, -0.2) is 0 Å². The quantitative estimate of drug-likeness (QED) is 0.435. The monoisotopic (exact) mass is 119 g/mol. The molecule has 0 spiro atoms. The maximum atomic E-state index is 4.72. The van der Waals surface area contributed by atoms with E-state index in [0.29, 0.717) is 5.05 Å². The molecule has 0 aliphatic heterocycles. The summed E-state index contributed by atoms with van der Waals surface area (Å²) >= 11 is 4.61. The first-order chi connectivity index (χ1) is 3.31. The lowest BCUT2D eigenvalue weighted by molar-refractivity contribution is 0.320. The fraction of sp³-hybridized carbons (Fsp3) is 0.750. The summed E-state index contributed by atoms with van der Waals surface area (Å²) in [4.78, 5) is 4.22. The molecule has 42 valence electrons. The van der Waals surface area contributed by atoms with Crippen molar-refractivity contribution in [3.8, 4) is 0 Å². The van der Waals surface area contributed by atoms with Gasteiger partial charge in [-0.3, -0.25) is 0 Å². The molecule has 0 amide bonds. The average Bonchev–Trinajstić information content (AvgIpc) is 1.68. The molecule has 0 aliphatic rings. The number of rotatable bonds is 2. The zero-order chi connectivity index (χ0) is 5.70. The summed E-state index contributed by atoms with van der Waals surface area (Å²) in [5.41, 5.74) is 0. The molecule has 7 heavy (non-hydrogen) atoms. The number of thiocarbonyl (C=S) groups is 1. The largest absolute Gasteiger partial charge is 0.404 e. The third kappa shape index (κ3) is 3.69. The predicted octanol–water partition coefficient (Wildman–Crippen LogP) is 1.00. The normalized spacial score (nSPS) is 8.29. The zero-order valence-electron chi connectivity index (χ0n) is 4.31. The van der Waals surface area contributed by atoms with Crippen molar-refractivity contribution in [3.05, 3.63) is 0 Å². The molecule has 0 saturated carbocycles. The van der Waals surface area contributed by atoms with Crippen LogP contribution in [0.15, 0.2) is 0 Å². The van der Waals surface area contributed by atoms with Crippen LogP contribution in [0.25, 0.3) is 0 Å². The van der Waals surface area contributed by atoms with E-state index in [9.17, 15) is 0 Å². The molecule has 0 aromatic heterocycles. The molecule has 0 aromatic rings. The second kappa shape index (κ2) is 4.02. The van der Waals surface area contributed by atoms with Crippen molar-refractivity contribution in [1.29, 1.82) is 0 Å². The molecule has 2 nitrogen and oxygen atoms in total. The second-order valence-corrected chi connectivity index (χ2v) is 1.70. The van der Waals surface area contributed by atoms with Crippen molar-refractivity contribution in [2.24, 2.45) is 5.90 Å². The van der Waals surface area contributed by atoms with E-state index >= 15 is 0 Å². The highest BCUT2D eigenvalue weighted by atomic mass is 32.1. The van der Waals surface area contributed by atoms with E-state index in [0.717, 1.165) is 12.8 Å². The van der Waals surface area contributed by atoms with Crippen molar-refractivity contribution < 1.29 is 4.84 Å². The molecule has 0 heterocycles. The Morgan fingerprint density at radius 1 is 1.86 bits per heavy atom. The Morgan fingerprint density at radius 3 is 2.57 bits per heavy atom. The van der Waals surface area contributed by atoms with Crippen molar-refractivity contribution in [2.45, 2.75) is 19.8 Å². The number of hydrogen-bond acceptors (Lipinski definition) is 3. The van der Waals surface area contributed by atoms with Crippen LogP contribution in [-0.2, 0) is 4.84 Å². The van der Waals surface area contributed by atoms with Crippen molar-refractivity contribution in [2.75, 3.05) is 0 Å². The van der Waals surface area contributed by atoms with E-state index in [1.165, 1.54) is 0 Å². The summed E-state index contributed by atoms with van der Waals surface area (Å²) in [5.74, 6) is 4.72. The molecule has 0 fully saturated rings. The SMILES string of the molecule is CCCC(=S)ON. The van der Waals surface area contributed by atoms with Gasteiger partial charge < -0.3 is 4.84 Å². The van der Waals surface area contributed by atoms with Gasteiger partial charge in [-0.1, -0.05) is 6.92 Å². The minimum atomic E-state index is 0.488. The Hall–Kier alpha value is -0.150. The summed E-state index contributed by atoms with van der Waals surface area (Å²) in [5, 5.41) is 0.488. The van der Waals surface area contributed by atoms with Gasteiger partial charge in [0.05, 0.1) is 0 Å². The highest BCUT2D eigenvalue weighted by molar-refractivity contribution is 7.80. The fourth-order valence-electron chi connectivity index (χ4n) is 0.263. The Kier molecular flexibility index (Phi) is 3.93. The fourth-order valence-corrected chi connectivity index (χ4v) is 0.467. The minimum Gasteiger partial charge on any atom is -0.404 e. The van der Waals surface area contributed by atoms with E-state index in [4.69, 9.17) is 5.90 Å². The average molecular weight is 119 g/mol. The first-order valence-electron chi connectivity index (χ1n) is 2.20. The third-order valence-electron chi connectivity index (χ3n) is 0.586. The summed E-state index contributed by atoms with van der Waals surface area (Å²) < 4.78 is 0. The Balaban J connectivity index is 3.00. The Morgan fingerprint density at radius 2 is 2.43 bits per heavy atom. The molecule has 3 heteroatoms. The topological polar surface area (TPSA) is 35.2 Å². The predicted molar refractivity (Wildman–Crippen MR) is 32.8 cm³/mol. The molecular formula is C4H9NOS. The van der Waals surface area contributed by atoms with Crippen molar-refractivity contribution in [1.82, 2.24) is 0 Å². The summed E-state index contributed by atoms with van der Waals surface area (Å²) in [6, 6.07) is 0. The van der Waals surface area contributed by atoms with Crippen LogP contribution < -0.4 is 5.90 Å². The summed E-state index contributed by atoms with van der Waals surface area (Å²) in [6.45, 7) is 2.02. The third-order valence-corrected chi connectivity index (χ3v) is 0.886. The molecule has 0 aromatic carbocycles. The molecule has 0 aliphatic carbocycles. The molecule has 2 N–H and O–H groups in total. The number of nitrogens with two attached hydrogens (primary N) is 1. The van der Waals surface area contributed by atoms with E-state index in [2.05, 4.69) is 17.1 Å². The lowest BCUT2D eigenvalue weighted by atomic mass is 10.4. The maximum Gasteiger partial charge on any atom is 0.186 e. The first-order valence-corrected chi connectivity index (χ1v) is 2.61. The number of hydrogen-bond donors (Lipinski definition) is 1. The Labute approximate surface area is 48.6 Å². The van der Waals surface area contributed by atoms with E-state index in [-0.39, 0.29) is 0 Å². The van der Waals surface area contributed by atoms with Gasteiger partial charge in [-0.2, -0.15) is 5.90 Å². The molecule has 0 atom stereocenters. The highest BCUT2D eigenvalue weighted by Crippen LogP contribution is 1.89. The van der Waals surface area contributed by atoms with Gasteiger partial charge >= 0.3 is 0 Å². The van der Waals surface area contributed by atoms with Gasteiger partial charge in [-0.05, 0) is 18.6 Å². The molecular weight excluding hydrogens is 110 g/mol. The van der Waals surface area contributed by atoms with E-state index in [1.807, 2.05) is 6.92 Å². The van der Waals surface area contributed by atoms with Crippen LogP contribution in [0, 0.1) is 0 Å². The van der Waals surface area contributed by atoms with Crippen LogP contribution in [0.5, 0.6) is 0 Å². The summed E-state index contributed by atoms with van der Waals surface area (Å²) in [7, 11) is 0. The zero-order valence-corrected chi connectivity index (χ0v) is 5.12. The standard InChI is InChI=1S/C4H9NOS/c1-2-3-4(7)6-5/h2-3,5H2,1H3. The maximum absolute atomic E-state index is 4.72. The molecule has 0 saturated heterocycles. The lowest BCUT2D eigenvalue weighted by Gasteiger charge is -1.94. The van der Waals surface area contributed by atoms with Crippen LogP contribution in [0.3, 0.4) is 0 Å². The first kappa shape index (κ1) is 6.85. The summed E-state index contributed by atoms with van der Waals surface area (Å²) in [6.07, 6.45) is 1.78. The van der Waals surface area contributed by atoms with Gasteiger partial charge in [0.2, 0.25) is 0 Å². The van der Waals surface area contributed by atoms with Crippen LogP contribution in [-0.4, -0.2) is 5.05 Å². The highest BCUT2D eigenvalue weighted by Gasteiger charge is 1.88. The molecule has 0 rings (SSSR count). The van der Waals surface area contributed by atoms with Crippen LogP contribution >= 0.6 is 12.2 Å². The van der Waals surface area contributed by atoms with E-state index < -0.39 is 0 Å². The van der Waals surface area contributed by atoms with Crippen LogP contribution in [0.4, 0.5) is 0 Å². The molecule has 0 unspecified atom stereocenters. The van der Waals surface area contributed by atoms with E-state index in [1.54, 1.807) is 0 Å². The molecule has 0 radical (unpaired) electrons. The van der Waals surface area contributed by atoms with Gasteiger partial charge in [0.25, 0.3) is 0 Å². The van der Waals surface area contributed by atoms with Crippen molar-refractivity contribution >= 4 is 17.3 Å². The lowest BCUT2D eigenvalue weighted by Crippen LogP contribution is -2.05. The van der Waals surface area contributed by atoms with Crippen molar-refractivity contribution in [3.63, 3.8) is 0 Å². The molecule has 0 bridgehead atoms. The second-order valence-electron chi connectivity index (χ2n) is 1.24. The van der Waals surface area contributed by atoms with Crippen LogP contribution in [0.2, 0.25) is 0 Å². The minimum absolute atomic E-state index is 0.488.